The van der Waals surface area contributed by atoms with Crippen molar-refractivity contribution in [3.05, 3.63) is 105 Å². The molecule has 1 N–H and O–H groups in total. The van der Waals surface area contributed by atoms with Crippen LogP contribution in [0, 0.1) is 26.6 Å². The fraction of sp³-hybridized carbons (Fsp3) is 0.154. The molecule has 0 aliphatic heterocycles. The molecule has 0 fully saturated rings. The molecule has 1 amide bonds. The van der Waals surface area contributed by atoms with Crippen molar-refractivity contribution in [2.24, 2.45) is 0 Å². The third-order valence-electron chi connectivity index (χ3n) is 5.92. The van der Waals surface area contributed by atoms with Crippen LogP contribution in [0.1, 0.15) is 32.9 Å². The highest BCUT2D eigenvalue weighted by molar-refractivity contribution is 6.02. The van der Waals surface area contributed by atoms with Gasteiger partial charge in [-0.25, -0.2) is 8.91 Å². The number of aromatic nitrogens is 4. The zero-order chi connectivity index (χ0) is 24.0. The van der Waals surface area contributed by atoms with Gasteiger partial charge < -0.3 is 5.32 Å². The molecule has 0 saturated heterocycles. The Kier molecular flexibility index (Phi) is 5.20. The van der Waals surface area contributed by atoms with E-state index in [1.165, 1.54) is 22.7 Å². The fourth-order valence-corrected chi connectivity index (χ4v) is 4.03. The van der Waals surface area contributed by atoms with Crippen LogP contribution in [-0.2, 0) is 6.54 Å². The molecule has 7 nitrogen and oxygen atoms in total. The van der Waals surface area contributed by atoms with E-state index in [-0.39, 0.29) is 17.0 Å². The second-order valence-electron chi connectivity index (χ2n) is 8.39. The van der Waals surface area contributed by atoms with E-state index >= 15 is 0 Å². The Morgan fingerprint density at radius 3 is 2.53 bits per heavy atom. The molecule has 0 aliphatic rings. The monoisotopic (exact) mass is 455 g/mol. The first-order valence-electron chi connectivity index (χ1n) is 10.8. The zero-order valence-corrected chi connectivity index (χ0v) is 19.0. The van der Waals surface area contributed by atoms with E-state index in [0.717, 1.165) is 16.7 Å². The Morgan fingerprint density at radius 1 is 0.971 bits per heavy atom. The normalized spacial score (nSPS) is 11.3. The van der Waals surface area contributed by atoms with Gasteiger partial charge in [-0.05, 0) is 73.4 Å². The summed E-state index contributed by atoms with van der Waals surface area (Å²) in [7, 11) is 0. The maximum Gasteiger partial charge on any atom is 0.296 e. The average molecular weight is 455 g/mol. The van der Waals surface area contributed by atoms with Crippen LogP contribution >= 0.6 is 0 Å². The van der Waals surface area contributed by atoms with Gasteiger partial charge in [0.1, 0.15) is 5.82 Å². The fourth-order valence-electron chi connectivity index (χ4n) is 4.03. The summed E-state index contributed by atoms with van der Waals surface area (Å²) in [6.07, 6.45) is 0. The largest absolute Gasteiger partial charge is 0.319 e. The highest BCUT2D eigenvalue weighted by Crippen LogP contribution is 2.20. The summed E-state index contributed by atoms with van der Waals surface area (Å²) in [5, 5.41) is 7.05. The van der Waals surface area contributed by atoms with Crippen LogP contribution in [-0.4, -0.2) is 25.1 Å². The van der Waals surface area contributed by atoms with E-state index in [1.807, 2.05) is 56.3 Å². The van der Waals surface area contributed by atoms with Crippen LogP contribution in [0.2, 0.25) is 0 Å². The molecule has 0 spiro atoms. The van der Waals surface area contributed by atoms with Crippen LogP contribution < -0.4 is 10.9 Å². The molecule has 3 aromatic carbocycles. The summed E-state index contributed by atoms with van der Waals surface area (Å²) in [5.74, 6) is -1.11. The standard InChI is InChI=1S/C26H22FN5O2/c1-15-8-11-21-22(12-15)31(14-18-7-5-4-6-16(18)2)26(34)24-29-23(30-32(21)24)25(33)28-20-10-9-19(27)13-17(20)3/h4-13H,14H2,1-3H3,(H,28,33). The molecule has 5 rings (SSSR count). The van der Waals surface area contributed by atoms with Gasteiger partial charge in [0.2, 0.25) is 11.5 Å². The minimum Gasteiger partial charge on any atom is -0.319 e. The number of fused-ring (bicyclic) bond motifs is 3. The number of hydrogen-bond donors (Lipinski definition) is 1. The Hall–Kier alpha value is -4.33. The van der Waals surface area contributed by atoms with Crippen molar-refractivity contribution in [1.29, 1.82) is 0 Å². The molecule has 0 radical (unpaired) electrons. The van der Waals surface area contributed by atoms with Gasteiger partial charge in [0.05, 0.1) is 17.6 Å². The van der Waals surface area contributed by atoms with Gasteiger partial charge in [-0.1, -0.05) is 30.3 Å². The third kappa shape index (κ3) is 3.73. The molecular weight excluding hydrogens is 433 g/mol. The van der Waals surface area contributed by atoms with Crippen molar-refractivity contribution >= 4 is 28.3 Å². The topological polar surface area (TPSA) is 81.3 Å². The Morgan fingerprint density at radius 2 is 1.76 bits per heavy atom. The quantitative estimate of drug-likeness (QED) is 0.435. The second kappa shape index (κ2) is 8.22. The van der Waals surface area contributed by atoms with Crippen molar-refractivity contribution in [2.45, 2.75) is 27.3 Å². The first kappa shape index (κ1) is 21.5. The molecule has 2 aromatic heterocycles. The molecule has 0 bridgehead atoms. The number of benzene rings is 3. The number of carbonyl (C=O) groups is 1. The highest BCUT2D eigenvalue weighted by Gasteiger charge is 2.20. The summed E-state index contributed by atoms with van der Waals surface area (Å²) < 4.78 is 16.5. The van der Waals surface area contributed by atoms with Crippen molar-refractivity contribution in [3.8, 4) is 0 Å². The van der Waals surface area contributed by atoms with Crippen molar-refractivity contribution in [1.82, 2.24) is 19.2 Å². The van der Waals surface area contributed by atoms with E-state index in [2.05, 4.69) is 15.4 Å². The summed E-state index contributed by atoms with van der Waals surface area (Å²) in [5.41, 5.74) is 5.19. The summed E-state index contributed by atoms with van der Waals surface area (Å²) in [6, 6.07) is 17.7. The van der Waals surface area contributed by atoms with Crippen LogP contribution in [0.5, 0.6) is 0 Å². The molecule has 170 valence electrons. The smallest absolute Gasteiger partial charge is 0.296 e. The van der Waals surface area contributed by atoms with E-state index in [4.69, 9.17) is 0 Å². The van der Waals surface area contributed by atoms with Crippen LogP contribution in [0.3, 0.4) is 0 Å². The Balaban J connectivity index is 1.65. The number of halogens is 1. The number of hydrogen-bond acceptors (Lipinski definition) is 4. The maximum absolute atomic E-state index is 13.5. The predicted octanol–water partition coefficient (Wildman–Crippen LogP) is 4.41. The van der Waals surface area contributed by atoms with Crippen molar-refractivity contribution in [2.75, 3.05) is 5.32 Å². The van der Waals surface area contributed by atoms with Gasteiger partial charge in [-0.2, -0.15) is 4.98 Å². The van der Waals surface area contributed by atoms with Crippen LogP contribution in [0.4, 0.5) is 10.1 Å². The highest BCUT2D eigenvalue weighted by atomic mass is 19.1. The van der Waals surface area contributed by atoms with Gasteiger partial charge in [0.15, 0.2) is 0 Å². The van der Waals surface area contributed by atoms with Gasteiger partial charge in [0, 0.05) is 5.69 Å². The number of carbonyl (C=O) groups excluding carboxylic acids is 1. The minimum absolute atomic E-state index is 0.0610. The van der Waals surface area contributed by atoms with E-state index < -0.39 is 11.7 Å². The lowest BCUT2D eigenvalue weighted by Crippen LogP contribution is -2.24. The number of rotatable bonds is 4. The average Bonchev–Trinajstić information content (AvgIpc) is 3.25. The number of aryl methyl sites for hydroxylation is 3. The van der Waals surface area contributed by atoms with Gasteiger partial charge in [0.25, 0.3) is 11.5 Å². The minimum atomic E-state index is -0.580. The Labute approximate surface area is 194 Å². The molecular formula is C26H22FN5O2. The molecule has 34 heavy (non-hydrogen) atoms. The first-order chi connectivity index (χ1) is 16.3. The SMILES string of the molecule is Cc1ccc2c(c1)n(Cc1ccccc1C)c(=O)c1nc(C(=O)Nc3ccc(F)cc3C)nn12. The summed E-state index contributed by atoms with van der Waals surface area (Å²) in [4.78, 5) is 30.7. The number of nitrogens with zero attached hydrogens (tertiary/aromatic N) is 4. The Bertz CT molecular complexity index is 1650. The van der Waals surface area contributed by atoms with Gasteiger partial charge in [-0.3, -0.25) is 14.2 Å². The second-order valence-corrected chi connectivity index (χ2v) is 8.39. The summed E-state index contributed by atoms with van der Waals surface area (Å²) >= 11 is 0. The number of anilines is 1. The van der Waals surface area contributed by atoms with Crippen molar-refractivity contribution in [3.63, 3.8) is 0 Å². The molecule has 8 heteroatoms. The molecule has 5 aromatic rings. The number of amides is 1. The summed E-state index contributed by atoms with van der Waals surface area (Å²) in [6.45, 7) is 6.02. The zero-order valence-electron chi connectivity index (χ0n) is 19.0. The first-order valence-corrected chi connectivity index (χ1v) is 10.8. The van der Waals surface area contributed by atoms with Gasteiger partial charge >= 0.3 is 0 Å². The molecule has 0 saturated carbocycles. The van der Waals surface area contributed by atoms with E-state index in [0.29, 0.717) is 28.8 Å². The lowest BCUT2D eigenvalue weighted by Gasteiger charge is -2.13. The van der Waals surface area contributed by atoms with E-state index in [1.54, 1.807) is 11.5 Å². The van der Waals surface area contributed by atoms with E-state index in [9.17, 15) is 14.0 Å². The van der Waals surface area contributed by atoms with Crippen LogP contribution in [0.25, 0.3) is 16.7 Å². The molecule has 0 aliphatic carbocycles. The molecule has 0 unspecified atom stereocenters. The third-order valence-corrected chi connectivity index (χ3v) is 5.92. The molecule has 2 heterocycles. The van der Waals surface area contributed by atoms with Gasteiger partial charge in [-0.15, -0.1) is 5.10 Å². The van der Waals surface area contributed by atoms with Crippen LogP contribution in [0.15, 0.2) is 65.5 Å². The lowest BCUT2D eigenvalue weighted by molar-refractivity contribution is 0.101. The number of nitrogens with one attached hydrogen (secondary N) is 1. The predicted molar refractivity (Wildman–Crippen MR) is 129 cm³/mol. The maximum atomic E-state index is 13.5. The molecule has 0 atom stereocenters. The lowest BCUT2D eigenvalue weighted by atomic mass is 10.1. The van der Waals surface area contributed by atoms with Crippen molar-refractivity contribution < 1.29 is 9.18 Å².